The van der Waals surface area contributed by atoms with E-state index in [0.29, 0.717) is 11.8 Å². The maximum Gasteiger partial charge on any atom is 0.250 e. The van der Waals surface area contributed by atoms with Crippen LogP contribution in [-0.2, 0) is 4.79 Å². The van der Waals surface area contributed by atoms with Gasteiger partial charge >= 0.3 is 0 Å². The Kier molecular flexibility index (Phi) is 2.95. The number of carbonyl (C=O) groups excluding carboxylic acids is 1. The molecule has 6 nitrogen and oxygen atoms in total. The minimum absolute atomic E-state index is 0.326. The zero-order valence-electron chi connectivity index (χ0n) is 9.29. The molecule has 6 heteroatoms. The van der Waals surface area contributed by atoms with E-state index in [1.807, 2.05) is 0 Å². The van der Waals surface area contributed by atoms with E-state index >= 15 is 0 Å². The first-order valence-electron chi connectivity index (χ1n) is 4.98. The molecule has 2 aromatic rings. The molecule has 0 bridgehead atoms. The summed E-state index contributed by atoms with van der Waals surface area (Å²) < 4.78 is 1.54. The van der Waals surface area contributed by atoms with Crippen LogP contribution in [0.5, 0.6) is 0 Å². The Morgan fingerprint density at radius 3 is 2.82 bits per heavy atom. The number of pyridine rings is 1. The number of nitrogens with one attached hydrogen (secondary N) is 1. The Balaban J connectivity index is 2.40. The Morgan fingerprint density at radius 2 is 2.18 bits per heavy atom. The summed E-state index contributed by atoms with van der Waals surface area (Å²) in [4.78, 5) is 19.3. The zero-order chi connectivity index (χ0) is 12.3. The first kappa shape index (κ1) is 11.0. The minimum Gasteiger partial charge on any atom is -0.291 e. The van der Waals surface area contributed by atoms with Crippen LogP contribution in [0.25, 0.3) is 5.69 Å². The fourth-order valence-corrected chi connectivity index (χ4v) is 1.32. The van der Waals surface area contributed by atoms with Crippen LogP contribution >= 0.6 is 0 Å². The number of nitrogens with zero attached hydrogens (tertiary/aromatic N) is 4. The Labute approximate surface area is 98.0 Å². The quantitative estimate of drug-likeness (QED) is 0.800. The lowest BCUT2D eigenvalue weighted by molar-refractivity contribution is -0.111. The van der Waals surface area contributed by atoms with Crippen molar-refractivity contribution in [2.75, 3.05) is 5.32 Å². The summed E-state index contributed by atoms with van der Waals surface area (Å²) in [6.45, 7) is 5.14. The highest BCUT2D eigenvalue weighted by molar-refractivity contribution is 5.97. The molecule has 2 rings (SSSR count). The van der Waals surface area contributed by atoms with Gasteiger partial charge in [0.1, 0.15) is 5.82 Å². The van der Waals surface area contributed by atoms with Crippen LogP contribution in [0.4, 0.5) is 5.95 Å². The fourth-order valence-electron chi connectivity index (χ4n) is 1.32. The molecular formula is C11H11N5O. The van der Waals surface area contributed by atoms with E-state index in [1.54, 1.807) is 36.1 Å². The van der Waals surface area contributed by atoms with Gasteiger partial charge in [0.2, 0.25) is 11.9 Å². The number of carbonyl (C=O) groups is 1. The monoisotopic (exact) mass is 229 g/mol. The molecule has 0 fully saturated rings. The maximum atomic E-state index is 11.3. The maximum absolute atomic E-state index is 11.3. The van der Waals surface area contributed by atoms with Crippen LogP contribution in [0.1, 0.15) is 5.82 Å². The smallest absolute Gasteiger partial charge is 0.250 e. The van der Waals surface area contributed by atoms with Crippen molar-refractivity contribution >= 4 is 11.9 Å². The highest BCUT2D eigenvalue weighted by Crippen LogP contribution is 2.12. The van der Waals surface area contributed by atoms with Gasteiger partial charge in [-0.2, -0.15) is 9.67 Å². The summed E-state index contributed by atoms with van der Waals surface area (Å²) >= 11 is 0. The highest BCUT2D eigenvalue weighted by atomic mass is 16.1. The molecule has 0 aliphatic rings. The van der Waals surface area contributed by atoms with Gasteiger partial charge < -0.3 is 0 Å². The third-order valence-electron chi connectivity index (χ3n) is 2.04. The molecule has 0 radical (unpaired) electrons. The van der Waals surface area contributed by atoms with Crippen molar-refractivity contribution in [1.82, 2.24) is 19.7 Å². The zero-order valence-corrected chi connectivity index (χ0v) is 9.29. The van der Waals surface area contributed by atoms with Gasteiger partial charge in [-0.1, -0.05) is 6.58 Å². The molecule has 1 amide bonds. The van der Waals surface area contributed by atoms with Crippen LogP contribution in [0.3, 0.4) is 0 Å². The third kappa shape index (κ3) is 2.36. The standard InChI is InChI=1S/C11H11N5O/c1-3-10(17)14-11-13-8(2)15-16(11)9-4-6-12-7-5-9/h3-7H,1H2,2H3,(H,13,14,15,17). The van der Waals surface area contributed by atoms with Crippen molar-refractivity contribution in [3.8, 4) is 5.69 Å². The van der Waals surface area contributed by atoms with Crippen molar-refractivity contribution in [3.63, 3.8) is 0 Å². The average molecular weight is 229 g/mol. The van der Waals surface area contributed by atoms with Crippen molar-refractivity contribution in [3.05, 3.63) is 43.0 Å². The number of rotatable bonds is 3. The first-order chi connectivity index (χ1) is 8.20. The second-order valence-electron chi connectivity index (χ2n) is 3.29. The largest absolute Gasteiger partial charge is 0.291 e. The van der Waals surface area contributed by atoms with Gasteiger partial charge in [0.15, 0.2) is 0 Å². The summed E-state index contributed by atoms with van der Waals surface area (Å²) in [5.74, 6) is 0.604. The van der Waals surface area contributed by atoms with Crippen molar-refractivity contribution < 1.29 is 4.79 Å². The number of aryl methyl sites for hydroxylation is 1. The molecule has 0 spiro atoms. The van der Waals surface area contributed by atoms with E-state index < -0.39 is 0 Å². The van der Waals surface area contributed by atoms with E-state index in [0.717, 1.165) is 5.69 Å². The summed E-state index contributed by atoms with van der Waals surface area (Å²) in [6, 6.07) is 3.55. The summed E-state index contributed by atoms with van der Waals surface area (Å²) in [5, 5.41) is 6.79. The SMILES string of the molecule is C=CC(=O)Nc1nc(C)nn1-c1ccncc1. The molecular weight excluding hydrogens is 218 g/mol. The van der Waals surface area contributed by atoms with E-state index in [-0.39, 0.29) is 5.91 Å². The van der Waals surface area contributed by atoms with Gasteiger partial charge in [0.05, 0.1) is 5.69 Å². The van der Waals surface area contributed by atoms with Gasteiger partial charge in [0.25, 0.3) is 0 Å². The lowest BCUT2D eigenvalue weighted by Crippen LogP contribution is -2.12. The lowest BCUT2D eigenvalue weighted by Gasteiger charge is -2.04. The molecule has 2 aromatic heterocycles. The molecule has 0 saturated carbocycles. The molecule has 0 saturated heterocycles. The second-order valence-corrected chi connectivity index (χ2v) is 3.29. The molecule has 17 heavy (non-hydrogen) atoms. The predicted molar refractivity (Wildman–Crippen MR) is 62.7 cm³/mol. The molecule has 86 valence electrons. The number of hydrogen-bond acceptors (Lipinski definition) is 4. The van der Waals surface area contributed by atoms with E-state index in [9.17, 15) is 4.79 Å². The average Bonchev–Trinajstić information content (AvgIpc) is 2.71. The van der Waals surface area contributed by atoms with Crippen molar-refractivity contribution in [1.29, 1.82) is 0 Å². The van der Waals surface area contributed by atoms with Crippen LogP contribution in [0.2, 0.25) is 0 Å². The fraction of sp³-hybridized carbons (Fsp3) is 0.0909. The Bertz CT molecular complexity index is 546. The van der Waals surface area contributed by atoms with E-state index in [1.165, 1.54) is 6.08 Å². The number of anilines is 1. The van der Waals surface area contributed by atoms with Crippen LogP contribution in [-0.4, -0.2) is 25.7 Å². The normalized spacial score (nSPS) is 9.94. The van der Waals surface area contributed by atoms with E-state index in [4.69, 9.17) is 0 Å². The Morgan fingerprint density at radius 1 is 1.47 bits per heavy atom. The number of aromatic nitrogens is 4. The van der Waals surface area contributed by atoms with Crippen LogP contribution in [0, 0.1) is 6.92 Å². The molecule has 0 unspecified atom stereocenters. The number of amides is 1. The summed E-state index contributed by atoms with van der Waals surface area (Å²) in [5.41, 5.74) is 0.778. The van der Waals surface area contributed by atoms with Crippen LogP contribution < -0.4 is 5.32 Å². The summed E-state index contributed by atoms with van der Waals surface area (Å²) in [7, 11) is 0. The second kappa shape index (κ2) is 4.56. The van der Waals surface area contributed by atoms with Crippen molar-refractivity contribution in [2.24, 2.45) is 0 Å². The third-order valence-corrected chi connectivity index (χ3v) is 2.04. The highest BCUT2D eigenvalue weighted by Gasteiger charge is 2.10. The van der Waals surface area contributed by atoms with Gasteiger partial charge in [-0.05, 0) is 25.1 Å². The first-order valence-corrected chi connectivity index (χ1v) is 4.98. The van der Waals surface area contributed by atoms with Crippen molar-refractivity contribution in [2.45, 2.75) is 6.92 Å². The lowest BCUT2D eigenvalue weighted by atomic mass is 10.4. The molecule has 2 heterocycles. The predicted octanol–water partition coefficient (Wildman–Crippen LogP) is 1.10. The van der Waals surface area contributed by atoms with E-state index in [2.05, 4.69) is 27.0 Å². The van der Waals surface area contributed by atoms with Gasteiger partial charge in [-0.25, -0.2) is 0 Å². The Hall–Kier alpha value is -2.50. The van der Waals surface area contributed by atoms with Gasteiger partial charge in [-0.15, -0.1) is 5.10 Å². The topological polar surface area (TPSA) is 72.7 Å². The summed E-state index contributed by atoms with van der Waals surface area (Å²) in [6.07, 6.45) is 4.47. The minimum atomic E-state index is -0.326. The molecule has 0 atom stereocenters. The molecule has 0 aliphatic heterocycles. The molecule has 0 aromatic carbocycles. The van der Waals surface area contributed by atoms with Crippen LogP contribution in [0.15, 0.2) is 37.2 Å². The number of hydrogen-bond donors (Lipinski definition) is 1. The molecule has 1 N–H and O–H groups in total. The molecule has 0 aliphatic carbocycles. The van der Waals surface area contributed by atoms with Gasteiger partial charge in [0, 0.05) is 12.4 Å². The van der Waals surface area contributed by atoms with Gasteiger partial charge in [-0.3, -0.25) is 15.1 Å².